The molecular weight excluding hydrogens is 169 g/mol. The molecule has 1 aromatic carbocycles. The van der Waals surface area contributed by atoms with E-state index in [2.05, 4.69) is 5.32 Å². The number of halogens is 1. The summed E-state index contributed by atoms with van der Waals surface area (Å²) in [7, 11) is 0. The highest BCUT2D eigenvalue weighted by Gasteiger charge is 2.18. The first-order valence-electron chi connectivity index (χ1n) is 4.41. The summed E-state index contributed by atoms with van der Waals surface area (Å²) in [6.07, 6.45) is 0. The van der Waals surface area contributed by atoms with Gasteiger partial charge in [-0.15, -0.1) is 0 Å². The number of rotatable bonds is 1. The molecule has 0 amide bonds. The number of hydrogen-bond donors (Lipinski definition) is 2. The lowest BCUT2D eigenvalue weighted by molar-refractivity contribution is 0.256. The van der Waals surface area contributed by atoms with Crippen LogP contribution in [0.2, 0.25) is 0 Å². The Morgan fingerprint density at radius 1 is 1.54 bits per heavy atom. The molecule has 0 aliphatic carbocycles. The molecule has 70 valence electrons. The normalized spacial score (nSPS) is 21.2. The van der Waals surface area contributed by atoms with Crippen LogP contribution in [0.15, 0.2) is 18.2 Å². The smallest absolute Gasteiger partial charge is 0.123 e. The Labute approximate surface area is 76.4 Å². The van der Waals surface area contributed by atoms with E-state index in [0.29, 0.717) is 6.54 Å². The second-order valence-electron chi connectivity index (χ2n) is 3.35. The molecule has 0 bridgehead atoms. The van der Waals surface area contributed by atoms with Crippen molar-refractivity contribution in [3.05, 3.63) is 35.1 Å². The first-order valence-corrected chi connectivity index (χ1v) is 4.41. The molecule has 2 rings (SSSR count). The van der Waals surface area contributed by atoms with E-state index >= 15 is 0 Å². The first kappa shape index (κ1) is 8.66. The van der Waals surface area contributed by atoms with Crippen molar-refractivity contribution in [2.45, 2.75) is 12.5 Å². The van der Waals surface area contributed by atoms with Crippen LogP contribution < -0.4 is 5.32 Å². The number of hydrogen-bond acceptors (Lipinski definition) is 2. The van der Waals surface area contributed by atoms with Gasteiger partial charge in [-0.25, -0.2) is 4.39 Å². The summed E-state index contributed by atoms with van der Waals surface area (Å²) in [5, 5.41) is 12.2. The predicted octanol–water partition coefficient (Wildman–Crippen LogP) is 1.00. The molecule has 0 spiro atoms. The van der Waals surface area contributed by atoms with Gasteiger partial charge in [0.15, 0.2) is 0 Å². The molecule has 1 aliphatic rings. The fourth-order valence-electron chi connectivity index (χ4n) is 1.78. The number of aliphatic hydroxyl groups excluding tert-OH is 1. The van der Waals surface area contributed by atoms with Gasteiger partial charge in [0, 0.05) is 19.0 Å². The number of nitrogens with one attached hydrogen (secondary N) is 1. The van der Waals surface area contributed by atoms with E-state index < -0.39 is 0 Å². The average molecular weight is 181 g/mol. The SMILES string of the molecule is OCC1CNCc2cc(F)ccc21. The molecule has 1 atom stereocenters. The van der Waals surface area contributed by atoms with Crippen LogP contribution >= 0.6 is 0 Å². The van der Waals surface area contributed by atoms with Gasteiger partial charge in [-0.05, 0) is 23.3 Å². The van der Waals surface area contributed by atoms with Gasteiger partial charge in [0.25, 0.3) is 0 Å². The highest BCUT2D eigenvalue weighted by Crippen LogP contribution is 2.23. The van der Waals surface area contributed by atoms with E-state index in [1.165, 1.54) is 12.1 Å². The van der Waals surface area contributed by atoms with Crippen LogP contribution in [0.3, 0.4) is 0 Å². The van der Waals surface area contributed by atoms with Gasteiger partial charge >= 0.3 is 0 Å². The van der Waals surface area contributed by atoms with Crippen molar-refractivity contribution in [3.8, 4) is 0 Å². The number of benzene rings is 1. The van der Waals surface area contributed by atoms with Crippen LogP contribution in [0.5, 0.6) is 0 Å². The van der Waals surface area contributed by atoms with Gasteiger partial charge in [-0.3, -0.25) is 0 Å². The topological polar surface area (TPSA) is 32.3 Å². The van der Waals surface area contributed by atoms with Crippen LogP contribution in [0.4, 0.5) is 4.39 Å². The maximum atomic E-state index is 12.8. The Bertz CT molecular complexity index is 314. The van der Waals surface area contributed by atoms with Crippen molar-refractivity contribution in [2.24, 2.45) is 0 Å². The van der Waals surface area contributed by atoms with Crippen LogP contribution in [-0.4, -0.2) is 18.3 Å². The minimum atomic E-state index is -0.209. The lowest BCUT2D eigenvalue weighted by Gasteiger charge is -2.24. The lowest BCUT2D eigenvalue weighted by atomic mass is 9.91. The third kappa shape index (κ3) is 1.57. The second kappa shape index (κ2) is 3.44. The van der Waals surface area contributed by atoms with Crippen molar-refractivity contribution in [3.63, 3.8) is 0 Å². The highest BCUT2D eigenvalue weighted by atomic mass is 19.1. The Morgan fingerprint density at radius 3 is 3.15 bits per heavy atom. The summed E-state index contributed by atoms with van der Waals surface area (Å²) in [6.45, 7) is 1.59. The molecule has 0 saturated carbocycles. The molecule has 1 aliphatic heterocycles. The van der Waals surface area contributed by atoms with Crippen molar-refractivity contribution in [1.82, 2.24) is 5.32 Å². The number of aliphatic hydroxyl groups is 1. The summed E-state index contributed by atoms with van der Waals surface area (Å²) in [5.41, 5.74) is 2.04. The van der Waals surface area contributed by atoms with Gasteiger partial charge in [0.05, 0.1) is 6.61 Å². The molecule has 0 fully saturated rings. The van der Waals surface area contributed by atoms with E-state index in [4.69, 9.17) is 5.11 Å². The Morgan fingerprint density at radius 2 is 2.38 bits per heavy atom. The van der Waals surface area contributed by atoms with E-state index in [1.54, 1.807) is 6.07 Å². The van der Waals surface area contributed by atoms with Crippen LogP contribution in [0, 0.1) is 5.82 Å². The van der Waals surface area contributed by atoms with Crippen LogP contribution in [-0.2, 0) is 6.54 Å². The largest absolute Gasteiger partial charge is 0.396 e. The van der Waals surface area contributed by atoms with Gasteiger partial charge < -0.3 is 10.4 Å². The highest BCUT2D eigenvalue weighted by molar-refractivity contribution is 5.33. The molecule has 1 heterocycles. The molecule has 13 heavy (non-hydrogen) atoms. The van der Waals surface area contributed by atoms with Crippen molar-refractivity contribution in [1.29, 1.82) is 0 Å². The summed E-state index contributed by atoms with van der Waals surface area (Å²) >= 11 is 0. The van der Waals surface area contributed by atoms with Gasteiger partial charge in [-0.1, -0.05) is 6.07 Å². The third-order valence-electron chi connectivity index (χ3n) is 2.47. The molecule has 1 unspecified atom stereocenters. The fourth-order valence-corrected chi connectivity index (χ4v) is 1.78. The van der Waals surface area contributed by atoms with Gasteiger partial charge in [0.2, 0.25) is 0 Å². The van der Waals surface area contributed by atoms with E-state index in [1.807, 2.05) is 0 Å². The maximum absolute atomic E-state index is 12.8. The summed E-state index contributed by atoms with van der Waals surface area (Å²) in [5.74, 6) is -0.0940. The molecular formula is C10H12FNO. The second-order valence-corrected chi connectivity index (χ2v) is 3.35. The van der Waals surface area contributed by atoms with E-state index in [0.717, 1.165) is 17.7 Å². The molecule has 3 heteroatoms. The predicted molar refractivity (Wildman–Crippen MR) is 47.9 cm³/mol. The van der Waals surface area contributed by atoms with Gasteiger partial charge in [0.1, 0.15) is 5.82 Å². The van der Waals surface area contributed by atoms with Crippen molar-refractivity contribution >= 4 is 0 Å². The minimum Gasteiger partial charge on any atom is -0.396 e. The molecule has 2 N–H and O–H groups in total. The van der Waals surface area contributed by atoms with Gasteiger partial charge in [-0.2, -0.15) is 0 Å². The van der Waals surface area contributed by atoms with E-state index in [9.17, 15) is 4.39 Å². The summed E-state index contributed by atoms with van der Waals surface area (Å²) in [6, 6.07) is 4.75. The molecule has 0 saturated heterocycles. The quantitative estimate of drug-likeness (QED) is 0.677. The zero-order valence-electron chi connectivity index (χ0n) is 7.26. The van der Waals surface area contributed by atoms with Crippen LogP contribution in [0.1, 0.15) is 17.0 Å². The molecule has 1 aromatic rings. The Hall–Kier alpha value is -0.930. The molecule has 0 radical (unpaired) electrons. The third-order valence-corrected chi connectivity index (χ3v) is 2.47. The first-order chi connectivity index (χ1) is 6.31. The molecule has 0 aromatic heterocycles. The van der Waals surface area contributed by atoms with Crippen molar-refractivity contribution in [2.75, 3.05) is 13.2 Å². The Kier molecular flexibility index (Phi) is 2.29. The fraction of sp³-hybridized carbons (Fsp3) is 0.400. The summed E-state index contributed by atoms with van der Waals surface area (Å²) < 4.78 is 12.8. The average Bonchev–Trinajstić information content (AvgIpc) is 2.16. The standard InChI is InChI=1S/C10H12FNO/c11-9-1-2-10-7(3-9)4-12-5-8(10)6-13/h1-3,8,12-13H,4-6H2. The summed E-state index contributed by atoms with van der Waals surface area (Å²) in [4.78, 5) is 0. The Balaban J connectivity index is 2.40. The monoisotopic (exact) mass is 181 g/mol. The van der Waals surface area contributed by atoms with E-state index in [-0.39, 0.29) is 18.3 Å². The van der Waals surface area contributed by atoms with Crippen LogP contribution in [0.25, 0.3) is 0 Å². The lowest BCUT2D eigenvalue weighted by Crippen LogP contribution is -2.30. The zero-order valence-corrected chi connectivity index (χ0v) is 7.26. The maximum Gasteiger partial charge on any atom is 0.123 e. The zero-order chi connectivity index (χ0) is 9.26. The minimum absolute atomic E-state index is 0.115. The number of fused-ring (bicyclic) bond motifs is 1. The van der Waals surface area contributed by atoms with Crippen molar-refractivity contribution < 1.29 is 9.50 Å². The molecule has 2 nitrogen and oxygen atoms in total.